The Morgan fingerprint density at radius 2 is 1.92 bits per heavy atom. The number of carbonyl (C=O) groups excluding carboxylic acids is 1. The van der Waals surface area contributed by atoms with Gasteiger partial charge >= 0.3 is 0 Å². The van der Waals surface area contributed by atoms with Crippen molar-refractivity contribution in [1.29, 1.82) is 0 Å². The van der Waals surface area contributed by atoms with E-state index in [-0.39, 0.29) is 5.91 Å². The maximum atomic E-state index is 12.1. The quantitative estimate of drug-likeness (QED) is 0.645. The number of amides is 1. The number of aromatic nitrogens is 1. The summed E-state index contributed by atoms with van der Waals surface area (Å²) in [6, 6.07) is 16.7. The van der Waals surface area contributed by atoms with Crippen LogP contribution in [0.4, 0.5) is 0 Å². The second-order valence-electron chi connectivity index (χ2n) is 6.76. The Kier molecular flexibility index (Phi) is 5.54. The third-order valence-corrected chi connectivity index (χ3v) is 4.90. The Hall–Kier alpha value is -2.55. The number of aryl methyl sites for hydroxylation is 1. The van der Waals surface area contributed by atoms with Gasteiger partial charge in [0.15, 0.2) is 0 Å². The van der Waals surface area contributed by atoms with Crippen molar-refractivity contribution in [2.24, 2.45) is 0 Å². The van der Waals surface area contributed by atoms with Crippen molar-refractivity contribution < 1.29 is 4.79 Å². The molecule has 1 amide bonds. The molecule has 1 heterocycles. The molecule has 0 bridgehead atoms. The lowest BCUT2D eigenvalue weighted by atomic mass is 9.96. The van der Waals surface area contributed by atoms with E-state index in [1.165, 1.54) is 27.6 Å². The van der Waals surface area contributed by atoms with E-state index >= 15 is 0 Å². The number of hydrogen-bond acceptors (Lipinski definition) is 1. The molecule has 1 atom stereocenters. The van der Waals surface area contributed by atoms with Crippen molar-refractivity contribution in [2.75, 3.05) is 6.54 Å². The Labute approximate surface area is 149 Å². The van der Waals surface area contributed by atoms with Gasteiger partial charge in [0, 0.05) is 30.1 Å². The second kappa shape index (κ2) is 8.02. The minimum atomic E-state index is 0.138. The van der Waals surface area contributed by atoms with Crippen LogP contribution in [0.2, 0.25) is 0 Å². The van der Waals surface area contributed by atoms with Gasteiger partial charge in [0.05, 0.1) is 0 Å². The Morgan fingerprint density at radius 3 is 2.72 bits per heavy atom. The van der Waals surface area contributed by atoms with Crippen molar-refractivity contribution in [3.05, 3.63) is 71.4 Å². The summed E-state index contributed by atoms with van der Waals surface area (Å²) in [6.45, 7) is 4.97. The third-order valence-electron chi connectivity index (χ3n) is 4.90. The van der Waals surface area contributed by atoms with Gasteiger partial charge in [-0.05, 0) is 42.4 Å². The zero-order chi connectivity index (χ0) is 17.6. The van der Waals surface area contributed by atoms with Crippen molar-refractivity contribution in [3.63, 3.8) is 0 Å². The molecule has 0 fully saturated rings. The van der Waals surface area contributed by atoms with Crippen molar-refractivity contribution in [1.82, 2.24) is 10.3 Å². The SMILES string of the molecule is Cc1cccc2c(CCNC(=O)CC[C@@H](C)c3ccccc3)c[nH]c12. The Balaban J connectivity index is 1.45. The van der Waals surface area contributed by atoms with Gasteiger partial charge in [-0.3, -0.25) is 4.79 Å². The van der Waals surface area contributed by atoms with Crippen LogP contribution in [0, 0.1) is 6.92 Å². The smallest absolute Gasteiger partial charge is 0.220 e. The maximum Gasteiger partial charge on any atom is 0.220 e. The number of nitrogens with one attached hydrogen (secondary N) is 2. The number of hydrogen-bond donors (Lipinski definition) is 2. The third kappa shape index (κ3) is 4.30. The van der Waals surface area contributed by atoms with E-state index in [0.717, 1.165) is 12.8 Å². The molecular formula is C22H26N2O. The summed E-state index contributed by atoms with van der Waals surface area (Å²) in [7, 11) is 0. The second-order valence-corrected chi connectivity index (χ2v) is 6.76. The molecule has 0 aliphatic carbocycles. The van der Waals surface area contributed by atoms with Crippen molar-refractivity contribution in [2.45, 2.75) is 39.0 Å². The number of fused-ring (bicyclic) bond motifs is 1. The number of rotatable bonds is 7. The molecule has 0 saturated heterocycles. The molecule has 3 aromatic rings. The number of para-hydroxylation sites is 1. The highest BCUT2D eigenvalue weighted by molar-refractivity contribution is 5.86. The first-order valence-electron chi connectivity index (χ1n) is 9.02. The molecule has 2 aromatic carbocycles. The summed E-state index contributed by atoms with van der Waals surface area (Å²) in [6.07, 6.45) is 4.36. The van der Waals surface area contributed by atoms with E-state index in [0.29, 0.717) is 18.9 Å². The molecule has 3 heteroatoms. The molecule has 3 rings (SSSR count). The molecule has 130 valence electrons. The maximum absolute atomic E-state index is 12.1. The zero-order valence-corrected chi connectivity index (χ0v) is 15.0. The summed E-state index contributed by atoms with van der Waals surface area (Å²) in [5.41, 5.74) is 5.00. The average Bonchev–Trinajstić information content (AvgIpc) is 3.05. The van der Waals surface area contributed by atoms with E-state index in [2.05, 4.69) is 72.8 Å². The fraction of sp³-hybridized carbons (Fsp3) is 0.318. The Bertz CT molecular complexity index is 836. The molecule has 1 aromatic heterocycles. The van der Waals surface area contributed by atoms with Gasteiger partial charge in [-0.1, -0.05) is 55.5 Å². The largest absolute Gasteiger partial charge is 0.361 e. The van der Waals surface area contributed by atoms with Gasteiger partial charge in [-0.15, -0.1) is 0 Å². The van der Waals surface area contributed by atoms with Crippen LogP contribution >= 0.6 is 0 Å². The first kappa shape index (κ1) is 17.3. The lowest BCUT2D eigenvalue weighted by molar-refractivity contribution is -0.121. The van der Waals surface area contributed by atoms with Crippen LogP contribution in [-0.4, -0.2) is 17.4 Å². The van der Waals surface area contributed by atoms with Crippen LogP contribution in [0.25, 0.3) is 10.9 Å². The zero-order valence-electron chi connectivity index (χ0n) is 15.0. The molecule has 0 saturated carbocycles. The molecule has 0 aliphatic rings. The molecule has 25 heavy (non-hydrogen) atoms. The lowest BCUT2D eigenvalue weighted by Crippen LogP contribution is -2.25. The summed E-state index contributed by atoms with van der Waals surface area (Å²) >= 11 is 0. The van der Waals surface area contributed by atoms with Gasteiger partial charge in [0.1, 0.15) is 0 Å². The minimum Gasteiger partial charge on any atom is -0.361 e. The van der Waals surface area contributed by atoms with Gasteiger partial charge in [0.25, 0.3) is 0 Å². The summed E-state index contributed by atoms with van der Waals surface area (Å²) in [4.78, 5) is 15.4. The number of H-pyrrole nitrogens is 1. The van der Waals surface area contributed by atoms with E-state index in [1.807, 2.05) is 6.07 Å². The molecule has 0 aliphatic heterocycles. The van der Waals surface area contributed by atoms with Gasteiger partial charge in [-0.25, -0.2) is 0 Å². The van der Waals surface area contributed by atoms with Crippen LogP contribution in [0.5, 0.6) is 0 Å². The highest BCUT2D eigenvalue weighted by Crippen LogP contribution is 2.22. The summed E-state index contributed by atoms with van der Waals surface area (Å²) in [5.74, 6) is 0.544. The van der Waals surface area contributed by atoms with Gasteiger partial charge in [0.2, 0.25) is 5.91 Å². The van der Waals surface area contributed by atoms with Crippen molar-refractivity contribution >= 4 is 16.8 Å². The fourth-order valence-electron chi connectivity index (χ4n) is 3.29. The highest BCUT2D eigenvalue weighted by Gasteiger charge is 2.09. The van der Waals surface area contributed by atoms with Crippen LogP contribution in [0.1, 0.15) is 42.4 Å². The molecular weight excluding hydrogens is 308 g/mol. The molecule has 3 nitrogen and oxygen atoms in total. The lowest BCUT2D eigenvalue weighted by Gasteiger charge is -2.11. The summed E-state index contributed by atoms with van der Waals surface area (Å²) < 4.78 is 0. The van der Waals surface area contributed by atoms with E-state index in [4.69, 9.17) is 0 Å². The van der Waals surface area contributed by atoms with Crippen molar-refractivity contribution in [3.8, 4) is 0 Å². The van der Waals surface area contributed by atoms with E-state index in [1.54, 1.807) is 0 Å². The van der Waals surface area contributed by atoms with E-state index in [9.17, 15) is 4.79 Å². The average molecular weight is 334 g/mol. The van der Waals surface area contributed by atoms with E-state index < -0.39 is 0 Å². The number of aromatic amines is 1. The number of benzene rings is 2. The van der Waals surface area contributed by atoms with Crippen LogP contribution in [0.15, 0.2) is 54.7 Å². The fourth-order valence-corrected chi connectivity index (χ4v) is 3.29. The predicted octanol–water partition coefficient (Wildman–Crippen LogP) is 4.72. The standard InChI is InChI=1S/C22H26N2O/c1-16(18-8-4-3-5-9-18)11-12-21(25)23-14-13-19-15-24-22-17(2)7-6-10-20(19)22/h3-10,15-16,24H,11-14H2,1-2H3,(H,23,25)/t16-/m1/s1. The first-order valence-corrected chi connectivity index (χ1v) is 9.02. The topological polar surface area (TPSA) is 44.9 Å². The predicted molar refractivity (Wildman–Crippen MR) is 104 cm³/mol. The molecule has 0 spiro atoms. The molecule has 0 radical (unpaired) electrons. The van der Waals surface area contributed by atoms with Crippen LogP contribution in [0.3, 0.4) is 0 Å². The number of carbonyl (C=O) groups is 1. The Morgan fingerprint density at radius 1 is 1.12 bits per heavy atom. The monoisotopic (exact) mass is 334 g/mol. The summed E-state index contributed by atoms with van der Waals surface area (Å²) in [5, 5.41) is 4.31. The van der Waals surface area contributed by atoms with Gasteiger partial charge in [-0.2, -0.15) is 0 Å². The van der Waals surface area contributed by atoms with Gasteiger partial charge < -0.3 is 10.3 Å². The molecule has 0 unspecified atom stereocenters. The van der Waals surface area contributed by atoms with Crippen LogP contribution < -0.4 is 5.32 Å². The molecule has 2 N–H and O–H groups in total. The van der Waals surface area contributed by atoms with Crippen LogP contribution in [-0.2, 0) is 11.2 Å². The minimum absolute atomic E-state index is 0.138. The highest BCUT2D eigenvalue weighted by atomic mass is 16.1. The normalized spacial score (nSPS) is 12.2. The first-order chi connectivity index (χ1) is 12.1.